The molecule has 0 aliphatic rings. The Hall–Kier alpha value is -0.520. The molecule has 88 valence electrons. The van der Waals surface area contributed by atoms with Crippen molar-refractivity contribution in [3.8, 4) is 0 Å². The molecule has 0 bridgehead atoms. The third-order valence-electron chi connectivity index (χ3n) is 1.95. The first kappa shape index (κ1) is 13.5. The Kier molecular flexibility index (Phi) is 5.87. The molecule has 0 atom stereocenters. The zero-order valence-electron chi connectivity index (χ0n) is 9.13. The highest BCUT2D eigenvalue weighted by molar-refractivity contribution is 9.10. The van der Waals surface area contributed by atoms with E-state index in [1.54, 1.807) is 0 Å². The third-order valence-corrected chi connectivity index (χ3v) is 3.80. The number of rotatable bonds is 5. The smallest absolute Gasteiger partial charge is 0.234 e. The van der Waals surface area contributed by atoms with Crippen LogP contribution in [0.1, 0.15) is 5.56 Å². The van der Waals surface area contributed by atoms with E-state index < -0.39 is 0 Å². The fourth-order valence-electron chi connectivity index (χ4n) is 1.12. The zero-order valence-corrected chi connectivity index (χ0v) is 11.5. The summed E-state index contributed by atoms with van der Waals surface area (Å²) in [4.78, 5) is 11.5. The quantitative estimate of drug-likeness (QED) is 0.821. The SMILES string of the molecule is Cc1ccc(NC(=O)CSCCN)cc1Br. The third kappa shape index (κ3) is 4.55. The molecule has 1 aromatic carbocycles. The van der Waals surface area contributed by atoms with Crippen LogP contribution in [0.15, 0.2) is 22.7 Å². The lowest BCUT2D eigenvalue weighted by Crippen LogP contribution is -2.15. The molecule has 1 aromatic rings. The average Bonchev–Trinajstić information content (AvgIpc) is 2.24. The number of hydrogen-bond donors (Lipinski definition) is 2. The summed E-state index contributed by atoms with van der Waals surface area (Å²) in [5.74, 6) is 1.27. The number of nitrogens with one attached hydrogen (secondary N) is 1. The van der Waals surface area contributed by atoms with Gasteiger partial charge < -0.3 is 11.1 Å². The van der Waals surface area contributed by atoms with E-state index in [9.17, 15) is 4.79 Å². The summed E-state index contributed by atoms with van der Waals surface area (Å²) in [5.41, 5.74) is 7.31. The molecule has 5 heteroatoms. The molecule has 0 heterocycles. The minimum atomic E-state index is 0.00852. The van der Waals surface area contributed by atoms with Gasteiger partial charge in [-0.2, -0.15) is 11.8 Å². The number of thioether (sulfide) groups is 1. The molecule has 0 fully saturated rings. The molecule has 3 nitrogen and oxygen atoms in total. The van der Waals surface area contributed by atoms with Gasteiger partial charge in [-0.3, -0.25) is 4.79 Å². The molecule has 16 heavy (non-hydrogen) atoms. The van der Waals surface area contributed by atoms with Crippen LogP contribution in [0.4, 0.5) is 5.69 Å². The van der Waals surface area contributed by atoms with Crippen molar-refractivity contribution in [2.45, 2.75) is 6.92 Å². The second-order valence-corrected chi connectivity index (χ2v) is 5.31. The Balaban J connectivity index is 2.46. The molecule has 1 amide bonds. The molecule has 0 saturated heterocycles. The van der Waals surface area contributed by atoms with E-state index in [1.807, 2.05) is 25.1 Å². The number of hydrogen-bond acceptors (Lipinski definition) is 3. The highest BCUT2D eigenvalue weighted by atomic mass is 79.9. The predicted octanol–water partition coefficient (Wildman–Crippen LogP) is 2.39. The molecule has 3 N–H and O–H groups in total. The lowest BCUT2D eigenvalue weighted by atomic mass is 10.2. The molecule has 1 rings (SSSR count). The maximum atomic E-state index is 11.5. The minimum Gasteiger partial charge on any atom is -0.330 e. The number of anilines is 1. The van der Waals surface area contributed by atoms with Crippen LogP contribution in [-0.2, 0) is 4.79 Å². The Morgan fingerprint density at radius 1 is 1.56 bits per heavy atom. The summed E-state index contributed by atoms with van der Waals surface area (Å²) >= 11 is 4.97. The fourth-order valence-corrected chi connectivity index (χ4v) is 2.06. The van der Waals surface area contributed by atoms with Crippen LogP contribution in [0.25, 0.3) is 0 Å². The molecular formula is C11H15BrN2OS. The van der Waals surface area contributed by atoms with Gasteiger partial charge in [-0.05, 0) is 24.6 Å². The van der Waals surface area contributed by atoms with Crippen molar-refractivity contribution < 1.29 is 4.79 Å². The van der Waals surface area contributed by atoms with Gasteiger partial charge in [-0.25, -0.2) is 0 Å². The molecule has 0 aliphatic heterocycles. The number of aryl methyl sites for hydroxylation is 1. The van der Waals surface area contributed by atoms with Gasteiger partial charge in [0.2, 0.25) is 5.91 Å². The predicted molar refractivity (Wildman–Crippen MR) is 73.9 cm³/mol. The van der Waals surface area contributed by atoms with Crippen LogP contribution in [-0.4, -0.2) is 24.0 Å². The maximum absolute atomic E-state index is 11.5. The summed E-state index contributed by atoms with van der Waals surface area (Å²) in [7, 11) is 0. The van der Waals surface area contributed by atoms with Gasteiger partial charge in [0.1, 0.15) is 0 Å². The van der Waals surface area contributed by atoms with Crippen LogP contribution < -0.4 is 11.1 Å². The highest BCUT2D eigenvalue weighted by Gasteiger charge is 2.03. The minimum absolute atomic E-state index is 0.00852. The molecule has 0 aliphatic carbocycles. The van der Waals surface area contributed by atoms with Crippen LogP contribution in [0.5, 0.6) is 0 Å². The van der Waals surface area contributed by atoms with Gasteiger partial charge in [0.05, 0.1) is 5.75 Å². The largest absolute Gasteiger partial charge is 0.330 e. The van der Waals surface area contributed by atoms with E-state index in [-0.39, 0.29) is 5.91 Å². The molecule has 0 aromatic heterocycles. The van der Waals surface area contributed by atoms with Gasteiger partial charge in [0.15, 0.2) is 0 Å². The monoisotopic (exact) mass is 302 g/mol. The Labute approximate surface area is 108 Å². The maximum Gasteiger partial charge on any atom is 0.234 e. The van der Waals surface area contributed by atoms with Crippen molar-refractivity contribution in [2.24, 2.45) is 5.73 Å². The van der Waals surface area contributed by atoms with Gasteiger partial charge in [-0.1, -0.05) is 22.0 Å². The number of carbonyl (C=O) groups excluding carboxylic acids is 1. The Bertz CT molecular complexity index is 371. The lowest BCUT2D eigenvalue weighted by Gasteiger charge is -2.06. The standard InChI is InChI=1S/C11H15BrN2OS/c1-8-2-3-9(6-10(8)12)14-11(15)7-16-5-4-13/h2-3,6H,4-5,7,13H2,1H3,(H,14,15). The van der Waals surface area contributed by atoms with Crippen LogP contribution >= 0.6 is 27.7 Å². The second-order valence-electron chi connectivity index (χ2n) is 3.35. The van der Waals surface area contributed by atoms with Crippen LogP contribution in [0, 0.1) is 6.92 Å². The second kappa shape index (κ2) is 6.93. The van der Waals surface area contributed by atoms with Crippen LogP contribution in [0.2, 0.25) is 0 Å². The number of amides is 1. The number of nitrogens with two attached hydrogens (primary N) is 1. The zero-order chi connectivity index (χ0) is 12.0. The first-order valence-corrected chi connectivity index (χ1v) is 6.92. The fraction of sp³-hybridized carbons (Fsp3) is 0.364. The molecule has 0 saturated carbocycles. The molecule has 0 radical (unpaired) electrons. The molecule has 0 unspecified atom stereocenters. The van der Waals surface area contributed by atoms with Crippen LogP contribution in [0.3, 0.4) is 0 Å². The molecule has 0 spiro atoms. The van der Waals surface area contributed by atoms with E-state index >= 15 is 0 Å². The van der Waals surface area contributed by atoms with Crippen molar-refractivity contribution in [2.75, 3.05) is 23.4 Å². The number of carbonyl (C=O) groups is 1. The number of halogens is 1. The first-order valence-electron chi connectivity index (χ1n) is 4.97. The summed E-state index contributed by atoms with van der Waals surface area (Å²) in [5, 5.41) is 2.84. The summed E-state index contributed by atoms with van der Waals surface area (Å²) in [6.45, 7) is 2.61. The summed E-state index contributed by atoms with van der Waals surface area (Å²) < 4.78 is 1.000. The van der Waals surface area contributed by atoms with E-state index in [1.165, 1.54) is 11.8 Å². The summed E-state index contributed by atoms with van der Waals surface area (Å²) in [6, 6.07) is 5.76. The highest BCUT2D eigenvalue weighted by Crippen LogP contribution is 2.20. The lowest BCUT2D eigenvalue weighted by molar-refractivity contribution is -0.113. The van der Waals surface area contributed by atoms with Gasteiger partial charge >= 0.3 is 0 Å². The van der Waals surface area contributed by atoms with Gasteiger partial charge in [-0.15, -0.1) is 0 Å². The van der Waals surface area contributed by atoms with Gasteiger partial charge in [0, 0.05) is 22.5 Å². The van der Waals surface area contributed by atoms with Crippen molar-refractivity contribution in [1.29, 1.82) is 0 Å². The summed E-state index contributed by atoms with van der Waals surface area (Å²) in [6.07, 6.45) is 0. The van der Waals surface area contributed by atoms with E-state index in [4.69, 9.17) is 5.73 Å². The molecular weight excluding hydrogens is 288 g/mol. The Morgan fingerprint density at radius 2 is 2.31 bits per heavy atom. The number of benzene rings is 1. The van der Waals surface area contributed by atoms with E-state index in [0.29, 0.717) is 12.3 Å². The van der Waals surface area contributed by atoms with Crippen molar-refractivity contribution in [3.63, 3.8) is 0 Å². The van der Waals surface area contributed by atoms with Gasteiger partial charge in [0.25, 0.3) is 0 Å². The van der Waals surface area contributed by atoms with E-state index in [2.05, 4.69) is 21.2 Å². The van der Waals surface area contributed by atoms with E-state index in [0.717, 1.165) is 21.5 Å². The topological polar surface area (TPSA) is 55.1 Å². The average molecular weight is 303 g/mol. The normalized spacial score (nSPS) is 10.2. The first-order chi connectivity index (χ1) is 7.63. The van der Waals surface area contributed by atoms with Crippen molar-refractivity contribution in [1.82, 2.24) is 0 Å². The van der Waals surface area contributed by atoms with Crippen molar-refractivity contribution in [3.05, 3.63) is 28.2 Å². The van der Waals surface area contributed by atoms with Crippen molar-refractivity contribution >= 4 is 39.3 Å². The Morgan fingerprint density at radius 3 is 2.94 bits per heavy atom.